The summed E-state index contributed by atoms with van der Waals surface area (Å²) >= 11 is 0. The minimum Gasteiger partial charge on any atom is -0.385 e. The number of hydrogen-bond acceptors (Lipinski definition) is 2. The van der Waals surface area contributed by atoms with E-state index in [9.17, 15) is 4.79 Å². The van der Waals surface area contributed by atoms with E-state index in [1.807, 2.05) is 54.9 Å². The van der Waals surface area contributed by atoms with E-state index in [1.165, 1.54) is 0 Å². The third-order valence-electron chi connectivity index (χ3n) is 3.89. The molecule has 0 saturated carbocycles. The average molecular weight is 269 g/mol. The molecule has 0 bridgehead atoms. The number of carbonyl (C=O) groups excluding carboxylic acids is 1. The summed E-state index contributed by atoms with van der Waals surface area (Å²) in [7, 11) is 0. The monoisotopic (exact) mass is 269 g/mol. The Kier molecular flexibility index (Phi) is 3.22. The third kappa shape index (κ3) is 2.18. The van der Waals surface area contributed by atoms with Gasteiger partial charge in [-0.05, 0) is 44.0 Å². The van der Waals surface area contributed by atoms with Gasteiger partial charge in [0.15, 0.2) is 0 Å². The van der Waals surface area contributed by atoms with Crippen LogP contribution >= 0.6 is 0 Å². The number of carbonyl (C=O) groups is 1. The van der Waals surface area contributed by atoms with E-state index < -0.39 is 0 Å². The maximum atomic E-state index is 12.6. The minimum absolute atomic E-state index is 0.0568. The summed E-state index contributed by atoms with van der Waals surface area (Å²) in [6.45, 7) is 4.81. The average Bonchev–Trinajstić information content (AvgIpc) is 2.78. The molecule has 3 rings (SSSR count). The molecule has 4 nitrogen and oxygen atoms in total. The van der Waals surface area contributed by atoms with Crippen LogP contribution < -0.4 is 10.7 Å². The molecule has 0 aliphatic carbocycles. The second kappa shape index (κ2) is 5.04. The molecule has 1 amide bonds. The van der Waals surface area contributed by atoms with Gasteiger partial charge >= 0.3 is 0 Å². The molecular weight excluding hydrogens is 250 g/mol. The predicted octanol–water partition coefficient (Wildman–Crippen LogP) is 2.77. The Morgan fingerprint density at radius 3 is 2.65 bits per heavy atom. The van der Waals surface area contributed by atoms with E-state index in [0.29, 0.717) is 0 Å². The Morgan fingerprint density at radius 1 is 1.20 bits per heavy atom. The van der Waals surface area contributed by atoms with E-state index in [2.05, 4.69) is 10.7 Å². The molecule has 2 aromatic rings. The van der Waals surface area contributed by atoms with Crippen molar-refractivity contribution in [3.63, 3.8) is 0 Å². The van der Waals surface area contributed by atoms with E-state index in [-0.39, 0.29) is 11.8 Å². The number of aromatic nitrogens is 1. The van der Waals surface area contributed by atoms with Crippen molar-refractivity contribution in [1.82, 2.24) is 4.68 Å². The zero-order chi connectivity index (χ0) is 14.1. The topological polar surface area (TPSA) is 46.1 Å². The number of rotatable bonds is 2. The van der Waals surface area contributed by atoms with Crippen molar-refractivity contribution in [3.8, 4) is 0 Å². The van der Waals surface area contributed by atoms with Gasteiger partial charge in [-0.2, -0.15) is 0 Å². The normalized spacial score (nSPS) is 17.2. The summed E-state index contributed by atoms with van der Waals surface area (Å²) in [4.78, 5) is 12.6. The number of anilines is 1. The Bertz CT molecular complexity index is 625. The fourth-order valence-corrected chi connectivity index (χ4v) is 2.77. The molecule has 104 valence electrons. The summed E-state index contributed by atoms with van der Waals surface area (Å²) in [5.41, 5.74) is 7.25. The molecule has 1 unspecified atom stereocenters. The molecule has 1 aromatic heterocycles. The summed E-state index contributed by atoms with van der Waals surface area (Å²) in [6, 6.07) is 12.0. The van der Waals surface area contributed by atoms with E-state index in [4.69, 9.17) is 0 Å². The van der Waals surface area contributed by atoms with Gasteiger partial charge in [0.2, 0.25) is 5.91 Å². The summed E-state index contributed by atoms with van der Waals surface area (Å²) in [6.07, 6.45) is 0.822. The number of para-hydroxylation sites is 1. The number of nitrogens with zero attached hydrogens (tertiary/aromatic N) is 1. The number of hydrogen-bond donors (Lipinski definition) is 2. The van der Waals surface area contributed by atoms with Crippen molar-refractivity contribution >= 4 is 11.6 Å². The van der Waals surface area contributed by atoms with Gasteiger partial charge in [0.05, 0.1) is 5.92 Å². The van der Waals surface area contributed by atoms with Gasteiger partial charge in [-0.1, -0.05) is 18.2 Å². The Labute approximate surface area is 118 Å². The van der Waals surface area contributed by atoms with Gasteiger partial charge in [0.25, 0.3) is 0 Å². The smallest absolute Gasteiger partial charge is 0.246 e. The van der Waals surface area contributed by atoms with Crippen molar-refractivity contribution in [2.45, 2.75) is 26.2 Å². The van der Waals surface area contributed by atoms with Crippen LogP contribution in [0.25, 0.3) is 0 Å². The highest BCUT2D eigenvalue weighted by Crippen LogP contribution is 2.31. The lowest BCUT2D eigenvalue weighted by Crippen LogP contribution is -2.32. The van der Waals surface area contributed by atoms with Crippen LogP contribution in [0.3, 0.4) is 0 Å². The van der Waals surface area contributed by atoms with Crippen LogP contribution in [0, 0.1) is 13.8 Å². The van der Waals surface area contributed by atoms with E-state index in [0.717, 1.165) is 35.6 Å². The van der Waals surface area contributed by atoms with Crippen LogP contribution in [-0.4, -0.2) is 17.1 Å². The molecule has 20 heavy (non-hydrogen) atoms. The first kappa shape index (κ1) is 12.8. The molecule has 2 N–H and O–H groups in total. The number of amides is 1. The second-order valence-corrected chi connectivity index (χ2v) is 5.28. The van der Waals surface area contributed by atoms with Crippen LogP contribution in [-0.2, 0) is 4.79 Å². The van der Waals surface area contributed by atoms with Gasteiger partial charge in [-0.3, -0.25) is 14.9 Å². The molecule has 0 fully saturated rings. The van der Waals surface area contributed by atoms with Crippen molar-refractivity contribution in [2.75, 3.05) is 17.3 Å². The first-order valence-electron chi connectivity index (χ1n) is 6.95. The molecular formula is C16H19N3O. The minimum atomic E-state index is -0.0892. The standard InChI is InChI=1S/C16H19N3O/c1-11-7-8-12(2)19(11)18-16(20)14-9-10-17-15-6-4-3-5-13(14)15/h3-8,14,17H,9-10H2,1-2H3,(H,18,20). The molecule has 0 saturated heterocycles. The first-order valence-corrected chi connectivity index (χ1v) is 6.95. The molecule has 1 atom stereocenters. The molecule has 1 aliphatic heterocycles. The fourth-order valence-electron chi connectivity index (χ4n) is 2.77. The van der Waals surface area contributed by atoms with Crippen LogP contribution in [0.1, 0.15) is 29.3 Å². The first-order chi connectivity index (χ1) is 9.66. The summed E-state index contributed by atoms with van der Waals surface area (Å²) in [5.74, 6) is -0.0324. The van der Waals surface area contributed by atoms with Gasteiger partial charge in [-0.25, -0.2) is 0 Å². The lowest BCUT2D eigenvalue weighted by Gasteiger charge is -2.26. The van der Waals surface area contributed by atoms with E-state index in [1.54, 1.807) is 0 Å². The molecule has 4 heteroatoms. The van der Waals surface area contributed by atoms with Gasteiger partial charge in [-0.15, -0.1) is 0 Å². The number of fused-ring (bicyclic) bond motifs is 1. The highest BCUT2D eigenvalue weighted by Gasteiger charge is 2.26. The van der Waals surface area contributed by atoms with Gasteiger partial charge < -0.3 is 5.32 Å². The summed E-state index contributed by atoms with van der Waals surface area (Å²) in [5, 5.41) is 3.34. The lowest BCUT2D eigenvalue weighted by atomic mass is 9.90. The molecule has 1 aliphatic rings. The Hall–Kier alpha value is -2.23. The number of nitrogens with one attached hydrogen (secondary N) is 2. The Morgan fingerprint density at radius 2 is 1.90 bits per heavy atom. The van der Waals surface area contributed by atoms with Crippen LogP contribution in [0.5, 0.6) is 0 Å². The van der Waals surface area contributed by atoms with Crippen molar-refractivity contribution < 1.29 is 4.79 Å². The zero-order valence-corrected chi connectivity index (χ0v) is 11.8. The zero-order valence-electron chi connectivity index (χ0n) is 11.8. The number of benzene rings is 1. The van der Waals surface area contributed by atoms with Gasteiger partial charge in [0.1, 0.15) is 0 Å². The molecule has 0 radical (unpaired) electrons. The second-order valence-electron chi connectivity index (χ2n) is 5.28. The van der Waals surface area contributed by atoms with Crippen molar-refractivity contribution in [3.05, 3.63) is 53.3 Å². The summed E-state index contributed by atoms with van der Waals surface area (Å²) < 4.78 is 1.85. The fraction of sp³-hybridized carbons (Fsp3) is 0.312. The van der Waals surface area contributed by atoms with Crippen LogP contribution in [0.2, 0.25) is 0 Å². The maximum Gasteiger partial charge on any atom is 0.246 e. The predicted molar refractivity (Wildman–Crippen MR) is 80.6 cm³/mol. The van der Waals surface area contributed by atoms with E-state index >= 15 is 0 Å². The highest BCUT2D eigenvalue weighted by molar-refractivity contribution is 5.92. The molecule has 2 heterocycles. The lowest BCUT2D eigenvalue weighted by molar-refractivity contribution is -0.118. The number of aryl methyl sites for hydroxylation is 2. The molecule has 1 aromatic carbocycles. The largest absolute Gasteiger partial charge is 0.385 e. The highest BCUT2D eigenvalue weighted by atomic mass is 16.2. The van der Waals surface area contributed by atoms with Crippen LogP contribution in [0.15, 0.2) is 36.4 Å². The van der Waals surface area contributed by atoms with Crippen molar-refractivity contribution in [1.29, 1.82) is 0 Å². The maximum absolute atomic E-state index is 12.6. The SMILES string of the molecule is Cc1ccc(C)n1NC(=O)C1CCNc2ccccc21. The quantitative estimate of drug-likeness (QED) is 0.880. The third-order valence-corrected chi connectivity index (χ3v) is 3.89. The Balaban J connectivity index is 1.86. The van der Waals surface area contributed by atoms with Gasteiger partial charge in [0, 0.05) is 23.6 Å². The molecule has 0 spiro atoms. The van der Waals surface area contributed by atoms with Crippen LogP contribution in [0.4, 0.5) is 5.69 Å². The van der Waals surface area contributed by atoms with Crippen molar-refractivity contribution in [2.24, 2.45) is 0 Å².